The standard InChI is InChI=1S/C18H14F3N3O2/c1-17(10-23,24-16(25)13-4-2-3-5-13)11-26-15-8-12(9-22)6-7-14(15)18(19,20)21/h2-8,13H,11H2,1H3,(H,24,25). The Balaban J connectivity index is 2.18. The van der Waals surface area contributed by atoms with Crippen molar-refractivity contribution in [2.24, 2.45) is 5.92 Å². The quantitative estimate of drug-likeness (QED) is 0.873. The summed E-state index contributed by atoms with van der Waals surface area (Å²) < 4.78 is 44.4. The average molecular weight is 361 g/mol. The number of alkyl halides is 3. The number of hydrogen-bond donors (Lipinski definition) is 1. The zero-order valence-electron chi connectivity index (χ0n) is 13.7. The normalized spacial score (nSPS) is 15.8. The molecular formula is C18H14F3N3O2. The zero-order valence-corrected chi connectivity index (χ0v) is 13.7. The molecule has 0 bridgehead atoms. The van der Waals surface area contributed by atoms with E-state index in [-0.39, 0.29) is 5.56 Å². The van der Waals surface area contributed by atoms with Crippen molar-refractivity contribution >= 4 is 5.91 Å². The Labute approximate surface area is 148 Å². The molecule has 1 aromatic rings. The average Bonchev–Trinajstić information content (AvgIpc) is 3.13. The summed E-state index contributed by atoms with van der Waals surface area (Å²) in [5.41, 5.74) is -2.63. The Morgan fingerprint density at radius 2 is 1.92 bits per heavy atom. The number of nitriles is 2. The van der Waals surface area contributed by atoms with E-state index in [4.69, 9.17) is 10.00 Å². The van der Waals surface area contributed by atoms with Gasteiger partial charge in [0.15, 0.2) is 5.54 Å². The van der Waals surface area contributed by atoms with Crippen LogP contribution in [0.1, 0.15) is 18.1 Å². The van der Waals surface area contributed by atoms with Crippen LogP contribution in [0.25, 0.3) is 0 Å². The third-order valence-corrected chi connectivity index (χ3v) is 3.63. The van der Waals surface area contributed by atoms with Crippen molar-refractivity contribution in [1.29, 1.82) is 10.5 Å². The number of nitrogens with one attached hydrogen (secondary N) is 1. The number of ether oxygens (including phenoxy) is 1. The fraction of sp³-hybridized carbons (Fsp3) is 0.278. The highest BCUT2D eigenvalue weighted by Gasteiger charge is 2.36. The number of allylic oxidation sites excluding steroid dienone is 2. The van der Waals surface area contributed by atoms with E-state index < -0.39 is 41.5 Å². The number of benzene rings is 1. The van der Waals surface area contributed by atoms with Gasteiger partial charge in [-0.1, -0.05) is 24.3 Å². The minimum Gasteiger partial charge on any atom is -0.489 e. The Morgan fingerprint density at radius 1 is 1.27 bits per heavy atom. The number of rotatable bonds is 5. The van der Waals surface area contributed by atoms with E-state index in [0.717, 1.165) is 18.2 Å². The highest BCUT2D eigenvalue weighted by Crippen LogP contribution is 2.37. The summed E-state index contributed by atoms with van der Waals surface area (Å²) in [6.45, 7) is 0.821. The van der Waals surface area contributed by atoms with Gasteiger partial charge >= 0.3 is 6.18 Å². The molecule has 1 unspecified atom stereocenters. The third-order valence-electron chi connectivity index (χ3n) is 3.63. The van der Waals surface area contributed by atoms with Crippen molar-refractivity contribution < 1.29 is 22.7 Å². The Bertz CT molecular complexity index is 835. The van der Waals surface area contributed by atoms with Crippen molar-refractivity contribution in [3.8, 4) is 17.9 Å². The Morgan fingerprint density at radius 3 is 2.46 bits per heavy atom. The van der Waals surface area contributed by atoms with Gasteiger partial charge in [-0.25, -0.2) is 0 Å². The van der Waals surface area contributed by atoms with Crippen molar-refractivity contribution in [3.05, 3.63) is 53.6 Å². The number of hydrogen-bond acceptors (Lipinski definition) is 4. The predicted molar refractivity (Wildman–Crippen MR) is 85.6 cm³/mol. The summed E-state index contributed by atoms with van der Waals surface area (Å²) in [5.74, 6) is -1.59. The van der Waals surface area contributed by atoms with Gasteiger partial charge in [-0.2, -0.15) is 23.7 Å². The van der Waals surface area contributed by atoms with Gasteiger partial charge in [-0.3, -0.25) is 4.79 Å². The molecule has 26 heavy (non-hydrogen) atoms. The molecule has 0 aliphatic heterocycles. The lowest BCUT2D eigenvalue weighted by molar-refractivity contribution is -0.139. The first-order valence-corrected chi connectivity index (χ1v) is 7.51. The summed E-state index contributed by atoms with van der Waals surface area (Å²) in [4.78, 5) is 12.1. The van der Waals surface area contributed by atoms with E-state index in [1.165, 1.54) is 6.92 Å². The molecule has 8 heteroatoms. The van der Waals surface area contributed by atoms with Crippen LogP contribution in [0, 0.1) is 28.6 Å². The second-order valence-corrected chi connectivity index (χ2v) is 5.84. The summed E-state index contributed by atoms with van der Waals surface area (Å²) in [7, 11) is 0. The maximum absolute atomic E-state index is 13.1. The van der Waals surface area contributed by atoms with Crippen LogP contribution in [-0.4, -0.2) is 18.1 Å². The molecule has 0 spiro atoms. The number of nitrogens with zero attached hydrogens (tertiary/aromatic N) is 2. The first kappa shape index (κ1) is 19.1. The minimum atomic E-state index is -4.69. The lowest BCUT2D eigenvalue weighted by Crippen LogP contribution is -2.50. The maximum atomic E-state index is 13.1. The zero-order chi connectivity index (χ0) is 19.4. The van der Waals surface area contributed by atoms with E-state index in [2.05, 4.69) is 5.32 Å². The van der Waals surface area contributed by atoms with Crippen LogP contribution in [0.2, 0.25) is 0 Å². The van der Waals surface area contributed by atoms with Gasteiger partial charge in [-0.05, 0) is 25.1 Å². The highest BCUT2D eigenvalue weighted by atomic mass is 19.4. The van der Waals surface area contributed by atoms with E-state index in [1.54, 1.807) is 30.4 Å². The van der Waals surface area contributed by atoms with Crippen molar-refractivity contribution in [2.45, 2.75) is 18.6 Å². The molecule has 1 amide bonds. The van der Waals surface area contributed by atoms with Gasteiger partial charge in [0.25, 0.3) is 0 Å². The third kappa shape index (κ3) is 4.42. The summed E-state index contributed by atoms with van der Waals surface area (Å²) in [6, 6.07) is 6.28. The monoisotopic (exact) mass is 361 g/mol. The Hall–Kier alpha value is -3.26. The van der Waals surface area contributed by atoms with E-state index in [9.17, 15) is 23.2 Å². The molecule has 0 fully saturated rings. The fourth-order valence-corrected chi connectivity index (χ4v) is 2.23. The SMILES string of the molecule is CC(C#N)(COc1cc(C#N)ccc1C(F)(F)F)NC(=O)C1C=CC=C1. The van der Waals surface area contributed by atoms with Crippen LogP contribution < -0.4 is 10.1 Å². The Kier molecular flexibility index (Phi) is 5.37. The highest BCUT2D eigenvalue weighted by molar-refractivity contribution is 5.84. The second kappa shape index (κ2) is 7.32. The van der Waals surface area contributed by atoms with Gasteiger partial charge < -0.3 is 10.1 Å². The molecule has 134 valence electrons. The van der Waals surface area contributed by atoms with Crippen LogP contribution in [-0.2, 0) is 11.0 Å². The molecule has 1 aromatic carbocycles. The molecule has 1 aliphatic rings. The molecule has 1 N–H and O–H groups in total. The molecule has 0 saturated carbocycles. The van der Waals surface area contributed by atoms with E-state index >= 15 is 0 Å². The fourth-order valence-electron chi connectivity index (χ4n) is 2.23. The van der Waals surface area contributed by atoms with Crippen LogP contribution in [0.5, 0.6) is 5.75 Å². The van der Waals surface area contributed by atoms with E-state index in [0.29, 0.717) is 0 Å². The predicted octanol–water partition coefficient (Wildman–Crippen LogP) is 3.10. The molecule has 0 heterocycles. The molecule has 0 saturated heterocycles. The molecule has 2 rings (SSSR count). The van der Waals surface area contributed by atoms with E-state index in [1.807, 2.05) is 6.07 Å². The van der Waals surface area contributed by atoms with Gasteiger partial charge in [0.2, 0.25) is 5.91 Å². The lowest BCUT2D eigenvalue weighted by atomic mass is 10.0. The number of halogens is 3. The molecule has 5 nitrogen and oxygen atoms in total. The summed E-state index contributed by atoms with van der Waals surface area (Å²) >= 11 is 0. The van der Waals surface area contributed by atoms with Crippen molar-refractivity contribution in [3.63, 3.8) is 0 Å². The molecule has 0 radical (unpaired) electrons. The molecular weight excluding hydrogens is 347 g/mol. The van der Waals surface area contributed by atoms with Gasteiger partial charge in [0.05, 0.1) is 29.2 Å². The number of carbonyl (C=O) groups is 1. The van der Waals surface area contributed by atoms with Gasteiger partial charge in [-0.15, -0.1) is 0 Å². The largest absolute Gasteiger partial charge is 0.489 e. The summed E-state index contributed by atoms with van der Waals surface area (Å²) in [6.07, 6.45) is 1.90. The first-order chi connectivity index (χ1) is 12.2. The first-order valence-electron chi connectivity index (χ1n) is 7.51. The van der Waals surface area contributed by atoms with Crippen molar-refractivity contribution in [2.75, 3.05) is 6.61 Å². The minimum absolute atomic E-state index is 0.0167. The van der Waals surface area contributed by atoms with Crippen molar-refractivity contribution in [1.82, 2.24) is 5.32 Å². The van der Waals surface area contributed by atoms with Crippen LogP contribution in [0.3, 0.4) is 0 Å². The number of amides is 1. The maximum Gasteiger partial charge on any atom is 0.419 e. The second-order valence-electron chi connectivity index (χ2n) is 5.84. The smallest absolute Gasteiger partial charge is 0.419 e. The van der Waals surface area contributed by atoms with Crippen LogP contribution in [0.15, 0.2) is 42.5 Å². The molecule has 1 aliphatic carbocycles. The lowest BCUT2D eigenvalue weighted by Gasteiger charge is -2.25. The molecule has 0 aromatic heterocycles. The topological polar surface area (TPSA) is 85.9 Å². The van der Waals surface area contributed by atoms with Crippen LogP contribution in [0.4, 0.5) is 13.2 Å². The molecule has 1 atom stereocenters. The van der Waals surface area contributed by atoms with Gasteiger partial charge in [0, 0.05) is 0 Å². The number of carbonyl (C=O) groups excluding carboxylic acids is 1. The summed E-state index contributed by atoms with van der Waals surface area (Å²) in [5, 5.41) is 20.7. The van der Waals surface area contributed by atoms with Gasteiger partial charge in [0.1, 0.15) is 12.4 Å². The van der Waals surface area contributed by atoms with Crippen LogP contribution >= 0.6 is 0 Å².